The Morgan fingerprint density at radius 3 is 2.60 bits per heavy atom. The van der Waals surface area contributed by atoms with Crippen molar-refractivity contribution in [3.05, 3.63) is 29.3 Å². The molecule has 0 aliphatic carbocycles. The molecule has 0 spiro atoms. The maximum Gasteiger partial charge on any atom is 0.325 e. The van der Waals surface area contributed by atoms with Gasteiger partial charge in [-0.15, -0.1) is 0 Å². The standard InChI is InChI=1S/C15H21NO4/c1-10-6-7-13(9-11(10)2)20-8-4-5-14(17)16-12(3)15(18)19/h6-7,9,12H,4-5,8H2,1-3H3,(H,16,17)(H,18,19)/t12-/m0/s1. The molecule has 0 fully saturated rings. The van der Waals surface area contributed by atoms with E-state index in [9.17, 15) is 9.59 Å². The Labute approximate surface area is 118 Å². The van der Waals surface area contributed by atoms with Gasteiger partial charge in [-0.05, 0) is 50.5 Å². The lowest BCUT2D eigenvalue weighted by molar-refractivity contribution is -0.141. The lowest BCUT2D eigenvalue weighted by atomic mass is 10.1. The number of benzene rings is 1. The number of hydrogen-bond donors (Lipinski definition) is 2. The highest BCUT2D eigenvalue weighted by Gasteiger charge is 2.13. The fourth-order valence-corrected chi connectivity index (χ4v) is 1.60. The Kier molecular flexibility index (Phi) is 6.03. The maximum atomic E-state index is 11.4. The van der Waals surface area contributed by atoms with E-state index >= 15 is 0 Å². The van der Waals surface area contributed by atoms with Gasteiger partial charge in [0.15, 0.2) is 0 Å². The predicted octanol–water partition coefficient (Wildman–Crippen LogP) is 2.05. The van der Waals surface area contributed by atoms with E-state index in [2.05, 4.69) is 5.32 Å². The van der Waals surface area contributed by atoms with Gasteiger partial charge < -0.3 is 15.2 Å². The molecule has 0 aliphatic heterocycles. The summed E-state index contributed by atoms with van der Waals surface area (Å²) < 4.78 is 5.55. The molecule has 1 amide bonds. The molecule has 20 heavy (non-hydrogen) atoms. The van der Waals surface area contributed by atoms with Gasteiger partial charge in [-0.3, -0.25) is 9.59 Å². The number of carbonyl (C=O) groups excluding carboxylic acids is 1. The van der Waals surface area contributed by atoms with Gasteiger partial charge in [0, 0.05) is 6.42 Å². The van der Waals surface area contributed by atoms with Gasteiger partial charge in [0.25, 0.3) is 0 Å². The molecule has 1 rings (SSSR count). The summed E-state index contributed by atoms with van der Waals surface area (Å²) in [5.74, 6) is -0.527. The minimum Gasteiger partial charge on any atom is -0.494 e. The van der Waals surface area contributed by atoms with Gasteiger partial charge >= 0.3 is 5.97 Å². The third-order valence-corrected chi connectivity index (χ3v) is 3.04. The van der Waals surface area contributed by atoms with Crippen LogP contribution in [0, 0.1) is 13.8 Å². The third kappa shape index (κ3) is 5.30. The number of nitrogens with one attached hydrogen (secondary N) is 1. The number of ether oxygens (including phenoxy) is 1. The SMILES string of the molecule is Cc1ccc(OCCCC(=O)N[C@@H](C)C(=O)O)cc1C. The van der Waals surface area contributed by atoms with Crippen molar-refractivity contribution >= 4 is 11.9 Å². The van der Waals surface area contributed by atoms with Gasteiger partial charge in [0.05, 0.1) is 6.61 Å². The molecule has 0 aliphatic rings. The molecule has 1 aromatic rings. The minimum absolute atomic E-state index is 0.252. The van der Waals surface area contributed by atoms with Crippen molar-refractivity contribution < 1.29 is 19.4 Å². The Morgan fingerprint density at radius 2 is 2.00 bits per heavy atom. The second kappa shape index (κ2) is 7.53. The van der Waals surface area contributed by atoms with E-state index < -0.39 is 12.0 Å². The van der Waals surface area contributed by atoms with Gasteiger partial charge in [-0.2, -0.15) is 0 Å². The van der Waals surface area contributed by atoms with E-state index in [1.165, 1.54) is 12.5 Å². The highest BCUT2D eigenvalue weighted by Crippen LogP contribution is 2.16. The molecule has 1 atom stereocenters. The van der Waals surface area contributed by atoms with Gasteiger partial charge in [-0.25, -0.2) is 0 Å². The molecule has 1 aromatic carbocycles. The summed E-state index contributed by atoms with van der Waals surface area (Å²) in [6.07, 6.45) is 0.799. The van der Waals surface area contributed by atoms with Crippen LogP contribution >= 0.6 is 0 Å². The predicted molar refractivity (Wildman–Crippen MR) is 75.9 cm³/mol. The van der Waals surface area contributed by atoms with Crippen LogP contribution in [0.1, 0.15) is 30.9 Å². The van der Waals surface area contributed by atoms with E-state index in [0.29, 0.717) is 13.0 Å². The quantitative estimate of drug-likeness (QED) is 0.749. The van der Waals surface area contributed by atoms with Crippen LogP contribution in [0.15, 0.2) is 18.2 Å². The van der Waals surface area contributed by atoms with Crippen molar-refractivity contribution in [1.82, 2.24) is 5.32 Å². The van der Waals surface area contributed by atoms with Crippen LogP contribution in [-0.4, -0.2) is 29.6 Å². The van der Waals surface area contributed by atoms with Crippen molar-refractivity contribution in [2.24, 2.45) is 0 Å². The molecule has 0 saturated heterocycles. The summed E-state index contributed by atoms with van der Waals surface area (Å²) in [6.45, 7) is 5.92. The topological polar surface area (TPSA) is 75.6 Å². The largest absolute Gasteiger partial charge is 0.494 e. The number of carboxylic acids is 1. The zero-order valence-electron chi connectivity index (χ0n) is 12.1. The van der Waals surface area contributed by atoms with E-state index in [0.717, 1.165) is 11.3 Å². The number of amides is 1. The first-order chi connectivity index (χ1) is 9.40. The normalized spacial score (nSPS) is 11.8. The average molecular weight is 279 g/mol. The second-order valence-corrected chi connectivity index (χ2v) is 4.83. The molecular weight excluding hydrogens is 258 g/mol. The Morgan fingerprint density at radius 1 is 1.30 bits per heavy atom. The molecule has 0 unspecified atom stereocenters. The molecule has 0 bridgehead atoms. The number of aliphatic carboxylic acids is 1. The Hall–Kier alpha value is -2.04. The lowest BCUT2D eigenvalue weighted by Gasteiger charge is -2.10. The Balaban J connectivity index is 2.26. The summed E-state index contributed by atoms with van der Waals surface area (Å²) in [5, 5.41) is 11.1. The van der Waals surface area contributed by atoms with Crippen LogP contribution < -0.4 is 10.1 Å². The maximum absolute atomic E-state index is 11.4. The minimum atomic E-state index is -1.04. The summed E-state index contributed by atoms with van der Waals surface area (Å²) in [6, 6.07) is 4.99. The van der Waals surface area contributed by atoms with Gasteiger partial charge in [-0.1, -0.05) is 6.07 Å². The van der Waals surface area contributed by atoms with E-state index in [1.54, 1.807) is 0 Å². The highest BCUT2D eigenvalue weighted by molar-refractivity contribution is 5.83. The van der Waals surface area contributed by atoms with Crippen molar-refractivity contribution in [2.45, 2.75) is 39.7 Å². The number of hydrogen-bond acceptors (Lipinski definition) is 3. The number of carboxylic acid groups (broad SMARTS) is 1. The van der Waals surface area contributed by atoms with Crippen LogP contribution in [0.4, 0.5) is 0 Å². The molecular formula is C15H21NO4. The third-order valence-electron chi connectivity index (χ3n) is 3.04. The summed E-state index contributed by atoms with van der Waals surface area (Å²) >= 11 is 0. The molecule has 110 valence electrons. The van der Waals surface area contributed by atoms with Gasteiger partial charge in [0.2, 0.25) is 5.91 Å². The highest BCUT2D eigenvalue weighted by atomic mass is 16.5. The van der Waals surface area contributed by atoms with E-state index in [4.69, 9.17) is 9.84 Å². The monoisotopic (exact) mass is 279 g/mol. The molecule has 0 heterocycles. The van der Waals surface area contributed by atoms with Crippen LogP contribution in [0.5, 0.6) is 5.75 Å². The molecule has 5 heteroatoms. The van der Waals surface area contributed by atoms with Crippen LogP contribution in [0.3, 0.4) is 0 Å². The van der Waals surface area contributed by atoms with Crippen molar-refractivity contribution in [3.63, 3.8) is 0 Å². The molecule has 5 nitrogen and oxygen atoms in total. The smallest absolute Gasteiger partial charge is 0.325 e. The fourth-order valence-electron chi connectivity index (χ4n) is 1.60. The van der Waals surface area contributed by atoms with E-state index in [1.807, 2.05) is 32.0 Å². The first kappa shape index (κ1) is 16.0. The summed E-state index contributed by atoms with van der Waals surface area (Å²) in [7, 11) is 0. The summed E-state index contributed by atoms with van der Waals surface area (Å²) in [5.41, 5.74) is 2.37. The lowest BCUT2D eigenvalue weighted by Crippen LogP contribution is -2.38. The first-order valence-corrected chi connectivity index (χ1v) is 6.62. The van der Waals surface area contributed by atoms with Crippen molar-refractivity contribution in [3.8, 4) is 5.75 Å². The number of aryl methyl sites for hydroxylation is 2. The molecule has 0 aromatic heterocycles. The zero-order chi connectivity index (χ0) is 15.1. The van der Waals surface area contributed by atoms with Crippen molar-refractivity contribution in [1.29, 1.82) is 0 Å². The van der Waals surface area contributed by atoms with Crippen molar-refractivity contribution in [2.75, 3.05) is 6.61 Å². The molecule has 0 radical (unpaired) electrons. The first-order valence-electron chi connectivity index (χ1n) is 6.62. The molecule has 2 N–H and O–H groups in total. The van der Waals surface area contributed by atoms with Crippen LogP contribution in [0.2, 0.25) is 0 Å². The van der Waals surface area contributed by atoms with E-state index in [-0.39, 0.29) is 12.3 Å². The van der Waals surface area contributed by atoms with Gasteiger partial charge in [0.1, 0.15) is 11.8 Å². The average Bonchev–Trinajstić information content (AvgIpc) is 2.38. The van der Waals surface area contributed by atoms with Crippen LogP contribution in [0.25, 0.3) is 0 Å². The number of carbonyl (C=O) groups is 2. The molecule has 0 saturated carbocycles. The fraction of sp³-hybridized carbons (Fsp3) is 0.467. The Bertz CT molecular complexity index is 485. The second-order valence-electron chi connectivity index (χ2n) is 4.83. The summed E-state index contributed by atoms with van der Waals surface area (Å²) in [4.78, 5) is 22.0. The zero-order valence-corrected chi connectivity index (χ0v) is 12.1. The number of rotatable bonds is 7. The van der Waals surface area contributed by atoms with Crippen LogP contribution in [-0.2, 0) is 9.59 Å².